The zero-order valence-corrected chi connectivity index (χ0v) is 15.8. The van der Waals surface area contributed by atoms with E-state index in [-0.39, 0.29) is 0 Å². The highest BCUT2D eigenvalue weighted by molar-refractivity contribution is 8.13. The van der Waals surface area contributed by atoms with Gasteiger partial charge in [0, 0.05) is 17.1 Å². The molecular formula is C21H19N3S2. The molecule has 3 aromatic rings. The van der Waals surface area contributed by atoms with E-state index >= 15 is 0 Å². The number of aliphatic imine (C=N–C) groups is 1. The maximum absolute atomic E-state index is 5.41. The Morgan fingerprint density at radius 2 is 1.23 bits per heavy atom. The normalized spacial score (nSPS) is 11.0. The molecule has 0 spiro atoms. The van der Waals surface area contributed by atoms with E-state index in [2.05, 4.69) is 27.8 Å². The van der Waals surface area contributed by atoms with Crippen molar-refractivity contribution < 1.29 is 0 Å². The Bertz CT molecular complexity index is 850. The molecule has 5 heteroatoms. The van der Waals surface area contributed by atoms with E-state index in [1.165, 1.54) is 5.56 Å². The van der Waals surface area contributed by atoms with Crippen LogP contribution in [0.1, 0.15) is 5.56 Å². The van der Waals surface area contributed by atoms with E-state index in [0.717, 1.165) is 22.3 Å². The van der Waals surface area contributed by atoms with E-state index in [0.29, 0.717) is 5.11 Å². The van der Waals surface area contributed by atoms with Gasteiger partial charge in [-0.05, 0) is 42.0 Å². The Balaban J connectivity index is 1.71. The van der Waals surface area contributed by atoms with Gasteiger partial charge in [0.05, 0.1) is 0 Å². The van der Waals surface area contributed by atoms with Crippen molar-refractivity contribution in [1.82, 2.24) is 0 Å². The first-order valence-electron chi connectivity index (χ1n) is 8.23. The number of anilines is 2. The highest BCUT2D eigenvalue weighted by atomic mass is 32.2. The second kappa shape index (κ2) is 9.75. The maximum atomic E-state index is 5.41. The number of rotatable bonds is 4. The minimum absolute atomic E-state index is 0.426. The average Bonchev–Trinajstić information content (AvgIpc) is 2.68. The summed E-state index contributed by atoms with van der Waals surface area (Å²) in [6, 6.07) is 30.1. The fourth-order valence-corrected chi connectivity index (χ4v) is 3.34. The second-order valence-corrected chi connectivity index (χ2v) is 6.83. The average molecular weight is 378 g/mol. The van der Waals surface area contributed by atoms with E-state index < -0.39 is 0 Å². The van der Waals surface area contributed by atoms with Gasteiger partial charge in [0.2, 0.25) is 0 Å². The summed E-state index contributed by atoms with van der Waals surface area (Å²) in [4.78, 5) is 4.57. The zero-order valence-electron chi connectivity index (χ0n) is 14.1. The SMILES string of the molecule is S=C(/N=C(\Nc1ccccc1)SCc1ccccc1)Nc1ccccc1. The molecule has 0 aliphatic heterocycles. The first kappa shape index (κ1) is 18.2. The Kier molecular flexibility index (Phi) is 6.81. The number of hydrogen-bond donors (Lipinski definition) is 2. The van der Waals surface area contributed by atoms with Gasteiger partial charge < -0.3 is 10.6 Å². The molecular weight excluding hydrogens is 358 g/mol. The summed E-state index contributed by atoms with van der Waals surface area (Å²) >= 11 is 7.03. The van der Waals surface area contributed by atoms with Crippen LogP contribution in [0.3, 0.4) is 0 Å². The molecule has 0 fully saturated rings. The number of hydrogen-bond acceptors (Lipinski definition) is 2. The van der Waals surface area contributed by atoms with Crippen LogP contribution in [-0.2, 0) is 5.75 Å². The van der Waals surface area contributed by atoms with E-state index in [1.54, 1.807) is 11.8 Å². The second-order valence-electron chi connectivity index (χ2n) is 5.48. The smallest absolute Gasteiger partial charge is 0.199 e. The van der Waals surface area contributed by atoms with E-state index in [4.69, 9.17) is 12.2 Å². The van der Waals surface area contributed by atoms with Crippen molar-refractivity contribution >= 4 is 45.6 Å². The van der Waals surface area contributed by atoms with Crippen molar-refractivity contribution in [2.24, 2.45) is 4.99 Å². The van der Waals surface area contributed by atoms with Crippen LogP contribution >= 0.6 is 24.0 Å². The molecule has 2 N–H and O–H groups in total. The first-order chi connectivity index (χ1) is 12.8. The molecule has 0 unspecified atom stereocenters. The Morgan fingerprint density at radius 1 is 0.731 bits per heavy atom. The van der Waals surface area contributed by atoms with Crippen molar-refractivity contribution in [2.45, 2.75) is 5.75 Å². The molecule has 0 radical (unpaired) electrons. The van der Waals surface area contributed by atoms with Crippen molar-refractivity contribution in [3.63, 3.8) is 0 Å². The Hall–Kier alpha value is -2.63. The van der Waals surface area contributed by atoms with Crippen LogP contribution in [0.4, 0.5) is 11.4 Å². The summed E-state index contributed by atoms with van der Waals surface area (Å²) in [7, 11) is 0. The third-order valence-corrected chi connectivity index (χ3v) is 4.61. The Labute approximate surface area is 163 Å². The summed E-state index contributed by atoms with van der Waals surface area (Å²) in [5, 5.41) is 7.68. The standard InChI is InChI=1S/C21H19N3S2/c25-20(22-18-12-6-2-7-13-18)24-21(23-19-14-8-3-9-15-19)26-16-17-10-4-1-5-11-17/h1-15H,16H2,(H2,22,23,24,25). The predicted molar refractivity (Wildman–Crippen MR) is 118 cm³/mol. The zero-order chi connectivity index (χ0) is 18.0. The number of nitrogens with one attached hydrogen (secondary N) is 2. The number of benzene rings is 3. The minimum Gasteiger partial charge on any atom is -0.335 e. The molecule has 0 aliphatic rings. The van der Waals surface area contributed by atoms with E-state index in [9.17, 15) is 0 Å². The van der Waals surface area contributed by atoms with Crippen LogP contribution in [0.5, 0.6) is 0 Å². The van der Waals surface area contributed by atoms with Gasteiger partial charge >= 0.3 is 0 Å². The summed E-state index contributed by atoms with van der Waals surface area (Å²) in [5.74, 6) is 0.813. The molecule has 3 rings (SSSR count). The van der Waals surface area contributed by atoms with Crippen LogP contribution in [-0.4, -0.2) is 10.3 Å². The summed E-state index contributed by atoms with van der Waals surface area (Å²) in [5.41, 5.74) is 3.14. The molecule has 0 atom stereocenters. The van der Waals surface area contributed by atoms with Gasteiger partial charge in [0.25, 0.3) is 0 Å². The van der Waals surface area contributed by atoms with Gasteiger partial charge in [-0.2, -0.15) is 4.99 Å². The highest BCUT2D eigenvalue weighted by Gasteiger charge is 2.05. The van der Waals surface area contributed by atoms with Crippen LogP contribution in [0.25, 0.3) is 0 Å². The fraction of sp³-hybridized carbons (Fsp3) is 0.0476. The highest BCUT2D eigenvalue weighted by Crippen LogP contribution is 2.17. The molecule has 0 heterocycles. The molecule has 0 bridgehead atoms. The number of thioether (sulfide) groups is 1. The van der Waals surface area contributed by atoms with Crippen LogP contribution in [0.15, 0.2) is 96.0 Å². The third kappa shape index (κ3) is 6.02. The van der Waals surface area contributed by atoms with Gasteiger partial charge in [0.15, 0.2) is 10.3 Å². The quantitative estimate of drug-likeness (QED) is 0.343. The van der Waals surface area contributed by atoms with E-state index in [1.807, 2.05) is 78.9 Å². The molecule has 0 saturated carbocycles. The number of amidine groups is 1. The number of nitrogens with zero attached hydrogens (tertiary/aromatic N) is 1. The van der Waals surface area contributed by atoms with Crippen LogP contribution < -0.4 is 10.6 Å². The van der Waals surface area contributed by atoms with Gasteiger partial charge in [-0.25, -0.2) is 0 Å². The lowest BCUT2D eigenvalue weighted by molar-refractivity contribution is 1.42. The number of para-hydroxylation sites is 2. The molecule has 130 valence electrons. The van der Waals surface area contributed by atoms with Crippen molar-refractivity contribution in [1.29, 1.82) is 0 Å². The third-order valence-electron chi connectivity index (χ3n) is 3.47. The molecule has 3 nitrogen and oxygen atoms in total. The molecule has 26 heavy (non-hydrogen) atoms. The molecule has 0 saturated heterocycles. The largest absolute Gasteiger partial charge is 0.335 e. The monoisotopic (exact) mass is 377 g/mol. The number of thiocarbonyl (C=S) groups is 1. The van der Waals surface area contributed by atoms with Gasteiger partial charge in [-0.3, -0.25) is 0 Å². The van der Waals surface area contributed by atoms with Crippen molar-refractivity contribution in [3.8, 4) is 0 Å². The van der Waals surface area contributed by atoms with Gasteiger partial charge in [0.1, 0.15) is 0 Å². The van der Waals surface area contributed by atoms with Crippen molar-refractivity contribution in [2.75, 3.05) is 10.6 Å². The van der Waals surface area contributed by atoms with Crippen LogP contribution in [0.2, 0.25) is 0 Å². The maximum Gasteiger partial charge on any atom is 0.199 e. The Morgan fingerprint density at radius 3 is 1.81 bits per heavy atom. The predicted octanol–water partition coefficient (Wildman–Crippen LogP) is 5.78. The minimum atomic E-state index is 0.426. The van der Waals surface area contributed by atoms with Crippen molar-refractivity contribution in [3.05, 3.63) is 96.6 Å². The fourth-order valence-electron chi connectivity index (χ4n) is 2.23. The lowest BCUT2D eigenvalue weighted by Gasteiger charge is -2.11. The van der Waals surface area contributed by atoms with Crippen LogP contribution in [0, 0.1) is 0 Å². The topological polar surface area (TPSA) is 36.4 Å². The van der Waals surface area contributed by atoms with Gasteiger partial charge in [-0.15, -0.1) is 0 Å². The lowest BCUT2D eigenvalue weighted by atomic mass is 10.2. The first-order valence-corrected chi connectivity index (χ1v) is 9.62. The summed E-state index contributed by atoms with van der Waals surface area (Å²) in [6.45, 7) is 0. The summed E-state index contributed by atoms with van der Waals surface area (Å²) < 4.78 is 0. The molecule has 0 amide bonds. The summed E-state index contributed by atoms with van der Waals surface area (Å²) in [6.07, 6.45) is 0. The van der Waals surface area contributed by atoms with Gasteiger partial charge in [-0.1, -0.05) is 78.5 Å². The molecule has 3 aromatic carbocycles. The molecule has 0 aliphatic carbocycles. The molecule has 0 aromatic heterocycles. The lowest BCUT2D eigenvalue weighted by Crippen LogP contribution is -2.14.